The molecule has 0 saturated carbocycles. The minimum Gasteiger partial charge on any atom is -0.354 e. The third kappa shape index (κ3) is 4.39. The Kier molecular flexibility index (Phi) is 5.22. The average Bonchev–Trinajstić information content (AvgIpc) is 2.97. The van der Waals surface area contributed by atoms with Crippen LogP contribution in [0.5, 0.6) is 0 Å². The lowest BCUT2D eigenvalue weighted by atomic mass is 9.92. The molecule has 0 fully saturated rings. The molecule has 4 nitrogen and oxygen atoms in total. The maximum absolute atomic E-state index is 12.4. The molecule has 1 aromatic carbocycles. The molecule has 124 valence electrons. The van der Waals surface area contributed by atoms with Crippen LogP contribution >= 0.6 is 11.3 Å². The quantitative estimate of drug-likeness (QED) is 0.885. The molecule has 5 heteroatoms. The first kappa shape index (κ1) is 17.6. The fourth-order valence-electron chi connectivity index (χ4n) is 2.15. The summed E-state index contributed by atoms with van der Waals surface area (Å²) in [6.45, 7) is 8.71. The van der Waals surface area contributed by atoms with Crippen LogP contribution in [0.2, 0.25) is 0 Å². The number of amides is 1. The van der Waals surface area contributed by atoms with E-state index in [2.05, 4.69) is 36.5 Å². The second-order valence-electron chi connectivity index (χ2n) is 6.95. The van der Waals surface area contributed by atoms with Crippen molar-refractivity contribution in [2.75, 3.05) is 6.54 Å². The van der Waals surface area contributed by atoms with E-state index < -0.39 is 5.54 Å². The van der Waals surface area contributed by atoms with Crippen molar-refractivity contribution in [1.29, 1.82) is 0 Å². The summed E-state index contributed by atoms with van der Waals surface area (Å²) in [6, 6.07) is 9.42. The van der Waals surface area contributed by atoms with Crippen LogP contribution in [-0.2, 0) is 22.2 Å². The first-order chi connectivity index (χ1) is 10.7. The number of nitrogens with zero attached hydrogens (tertiary/aromatic N) is 1. The van der Waals surface area contributed by atoms with Gasteiger partial charge < -0.3 is 11.1 Å². The predicted molar refractivity (Wildman–Crippen MR) is 95.5 cm³/mol. The van der Waals surface area contributed by atoms with E-state index in [0.29, 0.717) is 6.54 Å². The number of rotatable bonds is 5. The van der Waals surface area contributed by atoms with E-state index in [1.807, 2.05) is 30.3 Å². The summed E-state index contributed by atoms with van der Waals surface area (Å²) in [6.07, 6.45) is 0.720. The van der Waals surface area contributed by atoms with Crippen LogP contribution in [0.4, 0.5) is 0 Å². The van der Waals surface area contributed by atoms with Gasteiger partial charge in [-0.3, -0.25) is 4.79 Å². The maximum Gasteiger partial charge on any atom is 0.244 e. The van der Waals surface area contributed by atoms with Gasteiger partial charge in [0.2, 0.25) is 5.91 Å². The zero-order valence-electron chi connectivity index (χ0n) is 14.2. The van der Waals surface area contributed by atoms with Crippen LogP contribution in [-0.4, -0.2) is 17.4 Å². The van der Waals surface area contributed by atoms with Crippen LogP contribution in [0.25, 0.3) is 0 Å². The molecule has 2 aromatic rings. The number of carbonyl (C=O) groups is 1. The highest BCUT2D eigenvalue weighted by atomic mass is 32.1. The Hall–Kier alpha value is -1.72. The van der Waals surface area contributed by atoms with Crippen molar-refractivity contribution in [3.05, 3.63) is 52.0 Å². The Morgan fingerprint density at radius 3 is 2.43 bits per heavy atom. The van der Waals surface area contributed by atoms with Gasteiger partial charge >= 0.3 is 0 Å². The summed E-state index contributed by atoms with van der Waals surface area (Å²) < 4.78 is 0. The minimum atomic E-state index is -1.03. The van der Waals surface area contributed by atoms with Crippen molar-refractivity contribution in [1.82, 2.24) is 10.3 Å². The summed E-state index contributed by atoms with van der Waals surface area (Å²) in [4.78, 5) is 17.0. The molecule has 0 aliphatic carbocycles. The smallest absolute Gasteiger partial charge is 0.244 e. The van der Waals surface area contributed by atoms with Crippen molar-refractivity contribution >= 4 is 17.2 Å². The van der Waals surface area contributed by atoms with Gasteiger partial charge in [-0.15, -0.1) is 11.3 Å². The van der Waals surface area contributed by atoms with Crippen LogP contribution in [0, 0.1) is 0 Å². The number of nitrogens with two attached hydrogens (primary N) is 1. The van der Waals surface area contributed by atoms with Gasteiger partial charge in [0.25, 0.3) is 0 Å². The van der Waals surface area contributed by atoms with Gasteiger partial charge in [-0.25, -0.2) is 4.98 Å². The van der Waals surface area contributed by atoms with E-state index in [9.17, 15) is 4.79 Å². The van der Waals surface area contributed by atoms with Gasteiger partial charge in [-0.05, 0) is 12.5 Å². The first-order valence-electron chi connectivity index (χ1n) is 7.79. The van der Waals surface area contributed by atoms with Crippen LogP contribution in [0.15, 0.2) is 35.7 Å². The normalized spacial score (nSPS) is 14.3. The Bertz CT molecular complexity index is 656. The largest absolute Gasteiger partial charge is 0.354 e. The molecule has 0 aliphatic rings. The molecule has 0 aliphatic heterocycles. The lowest BCUT2D eigenvalue weighted by molar-refractivity contribution is -0.126. The highest BCUT2D eigenvalue weighted by molar-refractivity contribution is 7.09. The van der Waals surface area contributed by atoms with Gasteiger partial charge in [-0.1, -0.05) is 51.1 Å². The summed E-state index contributed by atoms with van der Waals surface area (Å²) >= 11 is 1.64. The second kappa shape index (κ2) is 6.81. The monoisotopic (exact) mass is 331 g/mol. The number of benzene rings is 1. The molecule has 0 saturated heterocycles. The molecule has 1 unspecified atom stereocenters. The van der Waals surface area contributed by atoms with Crippen LogP contribution in [0.1, 0.15) is 44.0 Å². The van der Waals surface area contributed by atoms with E-state index in [-0.39, 0.29) is 11.3 Å². The third-order valence-corrected chi connectivity index (χ3v) is 4.70. The molecular weight excluding hydrogens is 306 g/mol. The number of hydrogen-bond donors (Lipinski definition) is 2. The van der Waals surface area contributed by atoms with Crippen molar-refractivity contribution in [2.24, 2.45) is 5.73 Å². The molecule has 23 heavy (non-hydrogen) atoms. The molecule has 0 radical (unpaired) electrons. The highest BCUT2D eigenvalue weighted by Gasteiger charge is 2.29. The van der Waals surface area contributed by atoms with Crippen molar-refractivity contribution in [3.63, 3.8) is 0 Å². The van der Waals surface area contributed by atoms with E-state index >= 15 is 0 Å². The average molecular weight is 331 g/mol. The molecule has 1 aromatic heterocycles. The summed E-state index contributed by atoms with van der Waals surface area (Å²) in [7, 11) is 0. The molecule has 2 rings (SSSR count). The Labute approximate surface area is 142 Å². The fraction of sp³-hybridized carbons (Fsp3) is 0.444. The van der Waals surface area contributed by atoms with Crippen LogP contribution < -0.4 is 11.1 Å². The SMILES string of the molecule is CC(C)(C)c1csc(CCNC(=O)C(C)(N)c2ccccc2)n1. The third-order valence-electron chi connectivity index (χ3n) is 3.79. The first-order valence-corrected chi connectivity index (χ1v) is 8.67. The molecule has 1 heterocycles. The Morgan fingerprint density at radius 1 is 1.22 bits per heavy atom. The second-order valence-corrected chi connectivity index (χ2v) is 7.89. The number of carbonyl (C=O) groups excluding carboxylic acids is 1. The molecule has 1 amide bonds. The van der Waals surface area contributed by atoms with Gasteiger partial charge in [-0.2, -0.15) is 0 Å². The molecular formula is C18H25N3OS. The van der Waals surface area contributed by atoms with Gasteiger partial charge in [0.05, 0.1) is 10.7 Å². The van der Waals surface area contributed by atoms with Gasteiger partial charge in [0, 0.05) is 23.8 Å². The maximum atomic E-state index is 12.4. The van der Waals surface area contributed by atoms with E-state index in [0.717, 1.165) is 22.7 Å². The lowest BCUT2D eigenvalue weighted by Crippen LogP contribution is -2.49. The predicted octanol–water partition coefficient (Wildman–Crippen LogP) is 2.97. The number of hydrogen-bond acceptors (Lipinski definition) is 4. The number of thiazole rings is 1. The molecule has 0 bridgehead atoms. The lowest BCUT2D eigenvalue weighted by Gasteiger charge is -2.24. The molecule has 1 atom stereocenters. The summed E-state index contributed by atoms with van der Waals surface area (Å²) in [5.74, 6) is -0.170. The van der Waals surface area contributed by atoms with Gasteiger partial charge in [0.1, 0.15) is 5.54 Å². The molecule has 3 N–H and O–H groups in total. The van der Waals surface area contributed by atoms with Crippen molar-refractivity contribution < 1.29 is 4.79 Å². The minimum absolute atomic E-state index is 0.0567. The Balaban J connectivity index is 1.91. The summed E-state index contributed by atoms with van der Waals surface area (Å²) in [5.41, 5.74) is 7.13. The summed E-state index contributed by atoms with van der Waals surface area (Å²) in [5, 5.41) is 6.05. The fourth-order valence-corrected chi connectivity index (χ4v) is 3.18. The van der Waals surface area contributed by atoms with Crippen LogP contribution in [0.3, 0.4) is 0 Å². The topological polar surface area (TPSA) is 68.0 Å². The zero-order chi connectivity index (χ0) is 17.1. The highest BCUT2D eigenvalue weighted by Crippen LogP contribution is 2.24. The number of nitrogens with one attached hydrogen (secondary N) is 1. The standard InChI is InChI=1S/C18H25N3OS/c1-17(2,3)14-12-23-15(21-14)10-11-20-16(22)18(4,19)13-8-6-5-7-9-13/h5-9,12H,10-11,19H2,1-4H3,(H,20,22). The van der Waals surface area contributed by atoms with E-state index in [1.165, 1.54) is 0 Å². The molecule has 0 spiro atoms. The number of aromatic nitrogens is 1. The van der Waals surface area contributed by atoms with Crippen molar-refractivity contribution in [2.45, 2.75) is 45.1 Å². The van der Waals surface area contributed by atoms with E-state index in [4.69, 9.17) is 5.73 Å². The Morgan fingerprint density at radius 2 is 1.87 bits per heavy atom. The van der Waals surface area contributed by atoms with Gasteiger partial charge in [0.15, 0.2) is 0 Å². The zero-order valence-corrected chi connectivity index (χ0v) is 15.0. The van der Waals surface area contributed by atoms with Crippen molar-refractivity contribution in [3.8, 4) is 0 Å². The van der Waals surface area contributed by atoms with E-state index in [1.54, 1.807) is 18.3 Å².